The van der Waals surface area contributed by atoms with Gasteiger partial charge in [-0.2, -0.15) is 4.98 Å². The van der Waals surface area contributed by atoms with Gasteiger partial charge in [0.05, 0.1) is 12.2 Å². The summed E-state index contributed by atoms with van der Waals surface area (Å²) >= 11 is 7.25. The average Bonchev–Trinajstić information content (AvgIpc) is 3.34. The molecule has 9 heteroatoms. The molecule has 0 aliphatic heterocycles. The molecule has 3 rings (SSSR count). The van der Waals surface area contributed by atoms with Crippen LogP contribution in [-0.2, 0) is 22.4 Å². The van der Waals surface area contributed by atoms with Gasteiger partial charge in [-0.25, -0.2) is 4.79 Å². The van der Waals surface area contributed by atoms with Gasteiger partial charge in [-0.15, -0.1) is 11.3 Å². The van der Waals surface area contributed by atoms with Crippen molar-refractivity contribution in [3.05, 3.63) is 51.7 Å². The minimum absolute atomic E-state index is 0.143. The van der Waals surface area contributed by atoms with Crippen molar-refractivity contribution >= 4 is 39.8 Å². The van der Waals surface area contributed by atoms with Crippen LogP contribution in [0.25, 0.3) is 11.4 Å². The molecule has 29 heavy (non-hydrogen) atoms. The summed E-state index contributed by atoms with van der Waals surface area (Å²) in [5.41, 5.74) is 1.16. The number of anilines is 1. The van der Waals surface area contributed by atoms with Gasteiger partial charge in [-0.05, 0) is 43.7 Å². The minimum atomic E-state index is -0.441. The van der Waals surface area contributed by atoms with E-state index in [0.717, 1.165) is 16.9 Å². The fourth-order valence-electron chi connectivity index (χ4n) is 2.55. The predicted molar refractivity (Wildman–Crippen MR) is 111 cm³/mol. The van der Waals surface area contributed by atoms with Gasteiger partial charge in [0, 0.05) is 28.3 Å². The van der Waals surface area contributed by atoms with Gasteiger partial charge in [-0.1, -0.05) is 23.7 Å². The van der Waals surface area contributed by atoms with Gasteiger partial charge >= 0.3 is 5.97 Å². The number of benzene rings is 1. The molecule has 152 valence electrons. The lowest BCUT2D eigenvalue weighted by Gasteiger charge is -2.05. The largest absolute Gasteiger partial charge is 0.462 e. The molecule has 2 aromatic heterocycles. The second-order valence-corrected chi connectivity index (χ2v) is 7.67. The molecule has 0 spiro atoms. The summed E-state index contributed by atoms with van der Waals surface area (Å²) in [7, 11) is 0. The predicted octanol–water partition coefficient (Wildman–Crippen LogP) is 4.76. The first-order valence-electron chi connectivity index (χ1n) is 9.18. The molecule has 0 saturated heterocycles. The lowest BCUT2D eigenvalue weighted by Crippen LogP contribution is -2.14. The average molecular weight is 434 g/mol. The van der Waals surface area contributed by atoms with Crippen molar-refractivity contribution in [1.29, 1.82) is 0 Å². The van der Waals surface area contributed by atoms with Crippen molar-refractivity contribution < 1.29 is 18.8 Å². The molecule has 0 fully saturated rings. The molecule has 0 atom stereocenters. The Morgan fingerprint density at radius 2 is 2.00 bits per heavy atom. The van der Waals surface area contributed by atoms with Crippen LogP contribution in [-0.4, -0.2) is 28.6 Å². The zero-order chi connectivity index (χ0) is 20.8. The van der Waals surface area contributed by atoms with Crippen LogP contribution in [0.2, 0.25) is 5.02 Å². The Labute approximate surface area is 177 Å². The summed E-state index contributed by atoms with van der Waals surface area (Å²) < 4.78 is 10.3. The molecule has 0 aliphatic rings. The molecule has 0 radical (unpaired) electrons. The van der Waals surface area contributed by atoms with Crippen LogP contribution in [0, 0.1) is 0 Å². The molecule has 1 N–H and O–H groups in total. The molecule has 2 heterocycles. The summed E-state index contributed by atoms with van der Waals surface area (Å²) in [5.74, 6) is 0.109. The van der Waals surface area contributed by atoms with E-state index in [9.17, 15) is 9.59 Å². The van der Waals surface area contributed by atoms with E-state index in [4.69, 9.17) is 20.9 Å². The lowest BCUT2D eigenvalue weighted by molar-refractivity contribution is -0.116. The number of esters is 1. The van der Waals surface area contributed by atoms with E-state index in [2.05, 4.69) is 15.5 Å². The number of amides is 1. The summed E-state index contributed by atoms with van der Waals surface area (Å²) in [6.07, 6.45) is 1.19. The van der Waals surface area contributed by atoms with Crippen molar-refractivity contribution in [1.82, 2.24) is 10.1 Å². The van der Waals surface area contributed by atoms with E-state index in [-0.39, 0.29) is 25.4 Å². The number of thiophene rings is 1. The molecule has 0 aliphatic carbocycles. The summed E-state index contributed by atoms with van der Waals surface area (Å²) in [6, 6.07) is 8.83. The van der Waals surface area contributed by atoms with Gasteiger partial charge in [0.15, 0.2) is 0 Å². The smallest absolute Gasteiger partial charge is 0.341 e. The van der Waals surface area contributed by atoms with Crippen LogP contribution in [0.15, 0.2) is 34.9 Å². The summed E-state index contributed by atoms with van der Waals surface area (Å²) in [6.45, 7) is 4.00. The van der Waals surface area contributed by atoms with Crippen LogP contribution in [0.3, 0.4) is 0 Å². The third-order valence-corrected chi connectivity index (χ3v) is 5.46. The number of halogens is 1. The zero-order valence-corrected chi connectivity index (χ0v) is 17.6. The topological polar surface area (TPSA) is 94.3 Å². The van der Waals surface area contributed by atoms with Gasteiger partial charge in [0.2, 0.25) is 17.6 Å². The van der Waals surface area contributed by atoms with Gasteiger partial charge in [0.1, 0.15) is 5.00 Å². The molecule has 1 amide bonds. The fraction of sp³-hybridized carbons (Fsp3) is 0.300. The SMILES string of the molecule is CCOC(=O)c1cc(CC)sc1NC(=O)CCc1nc(-c2ccc(Cl)cc2)no1. The first-order valence-corrected chi connectivity index (χ1v) is 10.4. The Hall–Kier alpha value is -2.71. The number of ether oxygens (including phenoxy) is 1. The van der Waals surface area contributed by atoms with Crippen LogP contribution in [0.1, 0.15) is 41.4 Å². The van der Waals surface area contributed by atoms with Crippen molar-refractivity contribution in [2.24, 2.45) is 0 Å². The standard InChI is InChI=1S/C20H20ClN3O4S/c1-3-14-11-15(20(26)27-4-2)19(29-14)22-16(25)9-10-17-23-18(24-28-17)12-5-7-13(21)8-6-12/h5-8,11H,3-4,9-10H2,1-2H3,(H,22,25). The Kier molecular flexibility index (Phi) is 7.00. The number of aryl methyl sites for hydroxylation is 2. The molecular weight excluding hydrogens is 414 g/mol. The van der Waals surface area contributed by atoms with Gasteiger partial charge < -0.3 is 14.6 Å². The van der Waals surface area contributed by atoms with Crippen LogP contribution < -0.4 is 5.32 Å². The Balaban J connectivity index is 1.61. The number of hydrogen-bond donors (Lipinski definition) is 1. The Morgan fingerprint density at radius 1 is 1.24 bits per heavy atom. The van der Waals surface area contributed by atoms with E-state index < -0.39 is 5.97 Å². The normalized spacial score (nSPS) is 10.7. The third-order valence-electron chi connectivity index (χ3n) is 4.02. The molecule has 7 nitrogen and oxygen atoms in total. The maximum Gasteiger partial charge on any atom is 0.341 e. The van der Waals surface area contributed by atoms with Crippen LogP contribution in [0.4, 0.5) is 5.00 Å². The second kappa shape index (κ2) is 9.67. The number of carbonyl (C=O) groups is 2. The maximum atomic E-state index is 12.4. The van der Waals surface area contributed by atoms with Crippen LogP contribution in [0.5, 0.6) is 0 Å². The highest BCUT2D eigenvalue weighted by Crippen LogP contribution is 2.29. The van der Waals surface area contributed by atoms with E-state index in [1.54, 1.807) is 37.3 Å². The highest BCUT2D eigenvalue weighted by atomic mass is 35.5. The third kappa shape index (κ3) is 5.42. The molecule has 1 aromatic carbocycles. The molecular formula is C20H20ClN3O4S. The first-order chi connectivity index (χ1) is 14.0. The number of carbonyl (C=O) groups excluding carboxylic acids is 2. The Bertz CT molecular complexity index is 998. The molecule has 0 bridgehead atoms. The fourth-order valence-corrected chi connectivity index (χ4v) is 3.68. The van der Waals surface area contributed by atoms with Crippen LogP contribution >= 0.6 is 22.9 Å². The Morgan fingerprint density at radius 3 is 2.69 bits per heavy atom. The van der Waals surface area contributed by atoms with Gasteiger partial charge in [0.25, 0.3) is 0 Å². The highest BCUT2D eigenvalue weighted by Gasteiger charge is 2.19. The molecule has 0 unspecified atom stereocenters. The highest BCUT2D eigenvalue weighted by molar-refractivity contribution is 7.16. The summed E-state index contributed by atoms with van der Waals surface area (Å²) in [4.78, 5) is 29.8. The van der Waals surface area contributed by atoms with Crippen molar-refractivity contribution in [2.75, 3.05) is 11.9 Å². The van der Waals surface area contributed by atoms with Crippen molar-refractivity contribution in [3.8, 4) is 11.4 Å². The van der Waals surface area contributed by atoms with E-state index in [1.165, 1.54) is 11.3 Å². The number of aromatic nitrogens is 2. The van der Waals surface area contributed by atoms with E-state index >= 15 is 0 Å². The summed E-state index contributed by atoms with van der Waals surface area (Å²) in [5, 5.41) is 7.84. The van der Waals surface area contributed by atoms with Crippen molar-refractivity contribution in [3.63, 3.8) is 0 Å². The molecule has 3 aromatic rings. The van der Waals surface area contributed by atoms with Gasteiger partial charge in [-0.3, -0.25) is 4.79 Å². The number of rotatable bonds is 8. The monoisotopic (exact) mass is 433 g/mol. The van der Waals surface area contributed by atoms with E-state index in [1.807, 2.05) is 6.92 Å². The maximum absolute atomic E-state index is 12.4. The second-order valence-electron chi connectivity index (χ2n) is 6.10. The zero-order valence-electron chi connectivity index (χ0n) is 16.0. The first kappa shape index (κ1) is 21.0. The number of nitrogens with one attached hydrogen (secondary N) is 1. The molecule has 0 saturated carbocycles. The lowest BCUT2D eigenvalue weighted by atomic mass is 10.2. The van der Waals surface area contributed by atoms with E-state index in [0.29, 0.717) is 27.3 Å². The minimum Gasteiger partial charge on any atom is -0.462 e. The van der Waals surface area contributed by atoms with Crippen molar-refractivity contribution in [2.45, 2.75) is 33.1 Å². The number of nitrogens with zero attached hydrogens (tertiary/aromatic N) is 2. The number of hydrogen-bond acceptors (Lipinski definition) is 7. The quantitative estimate of drug-likeness (QED) is 0.514.